The first-order chi connectivity index (χ1) is 20.6. The fraction of sp³-hybridized carbons (Fsp3) is 0.355. The van der Waals surface area contributed by atoms with Gasteiger partial charge in [0, 0.05) is 25.0 Å². The number of likely N-dealkylation sites (tertiary alicyclic amines) is 1. The molecule has 10 nitrogen and oxygen atoms in total. The average molecular weight is 603 g/mol. The van der Waals surface area contributed by atoms with Crippen molar-refractivity contribution in [2.75, 3.05) is 18.4 Å². The van der Waals surface area contributed by atoms with Gasteiger partial charge in [-0.3, -0.25) is 9.59 Å². The summed E-state index contributed by atoms with van der Waals surface area (Å²) in [5.74, 6) is -1.23. The molecule has 2 aromatic heterocycles. The fourth-order valence-electron chi connectivity index (χ4n) is 6.50. The number of carbonyl (C=O) groups excluding carboxylic acids is 2. The van der Waals surface area contributed by atoms with Gasteiger partial charge in [-0.15, -0.1) is 0 Å². The highest BCUT2D eigenvalue weighted by Crippen LogP contribution is 2.46. The molecule has 0 unspecified atom stereocenters. The third kappa shape index (κ3) is 4.83. The molecule has 0 radical (unpaired) electrons. The lowest BCUT2D eigenvalue weighted by Crippen LogP contribution is -2.44. The molecule has 2 aliphatic carbocycles. The number of carbonyl (C=O) groups is 2. The third-order valence-electron chi connectivity index (χ3n) is 9.11. The van der Waals surface area contributed by atoms with E-state index in [1.165, 1.54) is 40.2 Å². The number of piperidine rings is 1. The maximum atomic E-state index is 14.0. The summed E-state index contributed by atoms with van der Waals surface area (Å²) in [7, 11) is -3.79. The van der Waals surface area contributed by atoms with Gasteiger partial charge in [-0.25, -0.2) is 22.5 Å². The highest BCUT2D eigenvalue weighted by Gasteiger charge is 2.42. The minimum absolute atomic E-state index is 0.0399. The van der Waals surface area contributed by atoms with Gasteiger partial charge in [-0.05, 0) is 85.8 Å². The SMILES string of the molecule is Cc1cc(F)ccc1Nc1c(C(=O)N2CCC3(CCc4ccccc43)CC2)cnc2c(C(=O)NS(=O)(=O)C3CC3)cnn12. The Bertz CT molecular complexity index is 1890. The molecule has 3 aliphatic rings. The van der Waals surface area contributed by atoms with E-state index in [4.69, 9.17) is 0 Å². The Morgan fingerprint density at radius 3 is 2.53 bits per heavy atom. The van der Waals surface area contributed by atoms with Crippen LogP contribution in [-0.2, 0) is 21.9 Å². The number of rotatable bonds is 6. The number of aryl methyl sites for hydroxylation is 2. The van der Waals surface area contributed by atoms with Gasteiger partial charge in [0.25, 0.3) is 11.8 Å². The standard InChI is InChI=1S/C31H31FN6O4S/c1-19-16-21(32)6-9-26(19)35-28-24(17-33-27-23(18-34-38(27)28)29(39)36-43(41,42)22-7-8-22)30(40)37-14-12-31(13-15-37)11-10-20-4-2-3-5-25(20)31/h2-6,9,16-18,22,35H,7-8,10-15H2,1H3,(H,36,39). The molecule has 7 rings (SSSR count). The molecule has 2 amide bonds. The van der Waals surface area contributed by atoms with Crippen LogP contribution in [0, 0.1) is 12.7 Å². The molecule has 0 atom stereocenters. The number of nitrogens with one attached hydrogen (secondary N) is 2. The summed E-state index contributed by atoms with van der Waals surface area (Å²) in [6, 6.07) is 12.8. The summed E-state index contributed by atoms with van der Waals surface area (Å²) < 4.78 is 42.2. The second-order valence-corrected chi connectivity index (χ2v) is 13.8. The maximum Gasteiger partial charge on any atom is 0.270 e. The third-order valence-corrected chi connectivity index (χ3v) is 10.9. The van der Waals surface area contributed by atoms with E-state index in [0.717, 1.165) is 25.7 Å². The molecule has 12 heteroatoms. The number of sulfonamides is 1. The van der Waals surface area contributed by atoms with E-state index >= 15 is 0 Å². The summed E-state index contributed by atoms with van der Waals surface area (Å²) in [4.78, 5) is 33.2. The van der Waals surface area contributed by atoms with Crippen molar-refractivity contribution in [1.29, 1.82) is 0 Å². The molecule has 1 spiro atoms. The largest absolute Gasteiger partial charge is 0.339 e. The molecule has 2 fully saturated rings. The molecule has 2 N–H and O–H groups in total. The Balaban J connectivity index is 1.22. The van der Waals surface area contributed by atoms with E-state index in [9.17, 15) is 22.4 Å². The van der Waals surface area contributed by atoms with Crippen LogP contribution in [0.5, 0.6) is 0 Å². The average Bonchev–Trinajstić information content (AvgIpc) is 3.69. The van der Waals surface area contributed by atoms with Crippen molar-refractivity contribution in [2.45, 2.75) is 56.1 Å². The molecule has 1 saturated heterocycles. The second kappa shape index (κ2) is 10.1. The zero-order valence-corrected chi connectivity index (χ0v) is 24.5. The Morgan fingerprint density at radius 2 is 1.79 bits per heavy atom. The van der Waals surface area contributed by atoms with Gasteiger partial charge in [0.05, 0.1) is 11.4 Å². The topological polar surface area (TPSA) is 126 Å². The first-order valence-electron chi connectivity index (χ1n) is 14.5. The zero-order chi connectivity index (χ0) is 29.9. The van der Waals surface area contributed by atoms with Crippen molar-refractivity contribution in [3.05, 3.63) is 88.5 Å². The van der Waals surface area contributed by atoms with E-state index in [1.807, 2.05) is 4.90 Å². The van der Waals surface area contributed by atoms with Crippen LogP contribution in [0.25, 0.3) is 5.65 Å². The number of fused-ring (bicyclic) bond motifs is 3. The van der Waals surface area contributed by atoms with Gasteiger partial charge in [-0.1, -0.05) is 24.3 Å². The van der Waals surface area contributed by atoms with Crippen molar-refractivity contribution < 1.29 is 22.4 Å². The number of anilines is 2. The molecule has 1 saturated carbocycles. The number of hydrogen-bond donors (Lipinski definition) is 2. The predicted molar refractivity (Wildman–Crippen MR) is 158 cm³/mol. The molecule has 4 aromatic rings. The van der Waals surface area contributed by atoms with Crippen LogP contribution in [0.4, 0.5) is 15.9 Å². The Labute approximate surface area is 248 Å². The first kappa shape index (κ1) is 27.5. The summed E-state index contributed by atoms with van der Waals surface area (Å²) in [6.45, 7) is 2.89. The normalized spacial score (nSPS) is 17.7. The fourth-order valence-corrected chi connectivity index (χ4v) is 7.79. The summed E-state index contributed by atoms with van der Waals surface area (Å²) >= 11 is 0. The summed E-state index contributed by atoms with van der Waals surface area (Å²) in [6.07, 6.45) is 7.48. The van der Waals surface area contributed by atoms with Crippen LogP contribution >= 0.6 is 0 Å². The molecule has 0 bridgehead atoms. The van der Waals surface area contributed by atoms with Crippen molar-refractivity contribution in [2.24, 2.45) is 0 Å². The monoisotopic (exact) mass is 602 g/mol. The smallest absolute Gasteiger partial charge is 0.270 e. The van der Waals surface area contributed by atoms with Gasteiger partial charge in [0.15, 0.2) is 5.65 Å². The van der Waals surface area contributed by atoms with Crippen molar-refractivity contribution in [3.63, 3.8) is 0 Å². The minimum Gasteiger partial charge on any atom is -0.339 e. The lowest BCUT2D eigenvalue weighted by Gasteiger charge is -2.40. The van der Waals surface area contributed by atoms with Crippen LogP contribution in [0.2, 0.25) is 0 Å². The Hall–Kier alpha value is -4.32. The van der Waals surface area contributed by atoms with Crippen LogP contribution < -0.4 is 10.0 Å². The van der Waals surface area contributed by atoms with Crippen LogP contribution in [-0.4, -0.2) is 58.1 Å². The zero-order valence-electron chi connectivity index (χ0n) is 23.6. The maximum absolute atomic E-state index is 14.0. The van der Waals surface area contributed by atoms with E-state index in [0.29, 0.717) is 37.2 Å². The molecular formula is C31H31FN6O4S. The van der Waals surface area contributed by atoms with Gasteiger partial charge in [-0.2, -0.15) is 9.61 Å². The van der Waals surface area contributed by atoms with E-state index in [2.05, 4.69) is 44.4 Å². The van der Waals surface area contributed by atoms with Crippen molar-refractivity contribution in [1.82, 2.24) is 24.2 Å². The van der Waals surface area contributed by atoms with Crippen LogP contribution in [0.3, 0.4) is 0 Å². The summed E-state index contributed by atoms with van der Waals surface area (Å²) in [5.41, 5.74) is 4.29. The number of benzene rings is 2. The van der Waals surface area contributed by atoms with E-state index in [-0.39, 0.29) is 33.9 Å². The summed E-state index contributed by atoms with van der Waals surface area (Å²) in [5, 5.41) is 6.98. The van der Waals surface area contributed by atoms with Crippen LogP contribution in [0.15, 0.2) is 54.9 Å². The molecule has 3 heterocycles. The molecule has 2 aromatic carbocycles. The number of nitrogens with zero attached hydrogens (tertiary/aromatic N) is 4. The van der Waals surface area contributed by atoms with Crippen molar-refractivity contribution >= 4 is 39.0 Å². The van der Waals surface area contributed by atoms with E-state index in [1.54, 1.807) is 13.0 Å². The Morgan fingerprint density at radius 1 is 1.02 bits per heavy atom. The lowest BCUT2D eigenvalue weighted by molar-refractivity contribution is 0.0666. The number of hydrogen-bond acceptors (Lipinski definition) is 7. The van der Waals surface area contributed by atoms with Gasteiger partial charge < -0.3 is 10.2 Å². The molecular weight excluding hydrogens is 571 g/mol. The van der Waals surface area contributed by atoms with Crippen LogP contribution in [0.1, 0.15) is 69.5 Å². The quantitative estimate of drug-likeness (QED) is 0.338. The highest BCUT2D eigenvalue weighted by atomic mass is 32.2. The van der Waals surface area contributed by atoms with Gasteiger partial charge in [0.2, 0.25) is 10.0 Å². The number of amides is 2. The van der Waals surface area contributed by atoms with E-state index < -0.39 is 27.0 Å². The first-order valence-corrected chi connectivity index (χ1v) is 16.0. The number of halogens is 1. The minimum atomic E-state index is -3.79. The predicted octanol–water partition coefficient (Wildman–Crippen LogP) is 4.26. The second-order valence-electron chi connectivity index (χ2n) is 11.8. The molecule has 1 aliphatic heterocycles. The Kier molecular flexibility index (Phi) is 6.49. The highest BCUT2D eigenvalue weighted by molar-refractivity contribution is 7.91. The number of aromatic nitrogens is 3. The molecule has 43 heavy (non-hydrogen) atoms. The lowest BCUT2D eigenvalue weighted by atomic mass is 9.74. The van der Waals surface area contributed by atoms with Gasteiger partial charge >= 0.3 is 0 Å². The van der Waals surface area contributed by atoms with Crippen molar-refractivity contribution in [3.8, 4) is 0 Å². The van der Waals surface area contributed by atoms with Gasteiger partial charge in [0.1, 0.15) is 22.8 Å². The molecule has 222 valence electrons.